The molecular weight excluding hydrogens is 308 g/mol. The highest BCUT2D eigenvalue weighted by Crippen LogP contribution is 2.22. The van der Waals surface area contributed by atoms with Gasteiger partial charge >= 0.3 is 0 Å². The Hall–Kier alpha value is -3.34. The number of fused-ring (bicyclic) bond motifs is 2. The summed E-state index contributed by atoms with van der Waals surface area (Å²) in [7, 11) is 0. The maximum absolute atomic E-state index is 11.3. The van der Waals surface area contributed by atoms with Gasteiger partial charge in [0, 0.05) is 28.3 Å². The number of aliphatic hydroxyl groups is 1. The summed E-state index contributed by atoms with van der Waals surface area (Å²) >= 11 is 0. The zero-order valence-electron chi connectivity index (χ0n) is 12.5. The molecule has 0 aliphatic heterocycles. The van der Waals surface area contributed by atoms with Crippen molar-refractivity contribution >= 4 is 28.9 Å². The number of aliphatic hydroxyl groups excluding tert-OH is 1. The average Bonchev–Trinajstić information content (AvgIpc) is 2.88. The van der Waals surface area contributed by atoms with Gasteiger partial charge < -0.3 is 5.11 Å². The number of benzene rings is 2. The lowest BCUT2D eigenvalue weighted by Gasteiger charge is -2.10. The van der Waals surface area contributed by atoms with Gasteiger partial charge in [-0.05, 0) is 0 Å². The molecule has 0 aromatic heterocycles. The molecule has 0 spiro atoms. The summed E-state index contributed by atoms with van der Waals surface area (Å²) in [5, 5.41) is 9.34. The maximum atomic E-state index is 11.3. The molecule has 0 radical (unpaired) electrons. The maximum Gasteiger partial charge on any atom is 0.233 e. The SMILES string of the molecule is O=C1C=C(O)c2ccccc2C1=O.O=C1CC(=O)c2ccccc21. The van der Waals surface area contributed by atoms with Gasteiger partial charge in [0.2, 0.25) is 11.6 Å². The van der Waals surface area contributed by atoms with Crippen LogP contribution < -0.4 is 0 Å². The fourth-order valence-corrected chi connectivity index (χ4v) is 2.61. The Morgan fingerprint density at radius 2 is 1.12 bits per heavy atom. The number of allylic oxidation sites excluding steroid dienone is 1. The van der Waals surface area contributed by atoms with E-state index in [-0.39, 0.29) is 29.3 Å². The van der Waals surface area contributed by atoms with Gasteiger partial charge in [-0.2, -0.15) is 0 Å². The first-order chi connectivity index (χ1) is 11.5. The van der Waals surface area contributed by atoms with E-state index in [1.54, 1.807) is 42.5 Å². The third-order valence-corrected chi connectivity index (χ3v) is 3.79. The van der Waals surface area contributed by atoms with E-state index in [9.17, 15) is 24.3 Å². The molecule has 2 aromatic rings. The van der Waals surface area contributed by atoms with Crippen molar-refractivity contribution in [3.05, 3.63) is 76.9 Å². The predicted molar refractivity (Wildman–Crippen MR) is 86.1 cm³/mol. The van der Waals surface area contributed by atoms with Crippen LogP contribution in [0.4, 0.5) is 0 Å². The Kier molecular flexibility index (Phi) is 3.92. The fourth-order valence-electron chi connectivity index (χ4n) is 2.61. The number of Topliss-reactive ketones (excluding diaryl/α,β-unsaturated/α-hetero) is 3. The van der Waals surface area contributed by atoms with Gasteiger partial charge in [-0.25, -0.2) is 0 Å². The molecule has 0 unspecified atom stereocenters. The Balaban J connectivity index is 0.000000143. The summed E-state index contributed by atoms with van der Waals surface area (Å²) in [5.74, 6) is -1.47. The Morgan fingerprint density at radius 1 is 0.667 bits per heavy atom. The molecule has 5 heteroatoms. The monoisotopic (exact) mass is 320 g/mol. The predicted octanol–water partition coefficient (Wildman–Crippen LogP) is 2.81. The molecule has 118 valence electrons. The highest BCUT2D eigenvalue weighted by atomic mass is 16.3. The van der Waals surface area contributed by atoms with Crippen molar-refractivity contribution in [1.82, 2.24) is 0 Å². The Bertz CT molecular complexity index is 888. The summed E-state index contributed by atoms with van der Waals surface area (Å²) < 4.78 is 0. The van der Waals surface area contributed by atoms with Gasteiger partial charge in [-0.1, -0.05) is 48.5 Å². The molecule has 0 heterocycles. The lowest BCUT2D eigenvalue weighted by atomic mass is 9.94. The van der Waals surface area contributed by atoms with E-state index < -0.39 is 11.6 Å². The molecule has 5 nitrogen and oxygen atoms in total. The summed E-state index contributed by atoms with van der Waals surface area (Å²) in [6.45, 7) is 0. The van der Waals surface area contributed by atoms with Gasteiger partial charge in [-0.15, -0.1) is 0 Å². The Morgan fingerprint density at radius 3 is 1.67 bits per heavy atom. The second-order valence-electron chi connectivity index (χ2n) is 5.34. The second kappa shape index (κ2) is 6.04. The second-order valence-corrected chi connectivity index (χ2v) is 5.34. The molecule has 0 amide bonds. The van der Waals surface area contributed by atoms with Gasteiger partial charge in [-0.3, -0.25) is 19.2 Å². The normalized spacial score (nSPS) is 15.2. The number of ketones is 4. The van der Waals surface area contributed by atoms with E-state index in [1.807, 2.05) is 0 Å². The summed E-state index contributed by atoms with van der Waals surface area (Å²) in [6, 6.07) is 13.4. The van der Waals surface area contributed by atoms with Crippen LogP contribution in [-0.2, 0) is 4.79 Å². The lowest BCUT2D eigenvalue weighted by Crippen LogP contribution is -2.18. The highest BCUT2D eigenvalue weighted by Gasteiger charge is 2.26. The number of carbonyl (C=O) groups excluding carboxylic acids is 4. The topological polar surface area (TPSA) is 88.5 Å². The number of rotatable bonds is 0. The van der Waals surface area contributed by atoms with Crippen LogP contribution in [0.2, 0.25) is 0 Å². The average molecular weight is 320 g/mol. The molecule has 0 atom stereocenters. The number of hydrogen-bond acceptors (Lipinski definition) is 5. The standard InChI is InChI=1S/C10H6O3.C9H6O2/c11-8-5-9(12)10(13)7-4-2-1-3-6(7)8;10-8-5-9(11)7-4-2-1-3-6(7)8/h1-5,11H;1-4H,5H2. The van der Waals surface area contributed by atoms with Crippen molar-refractivity contribution in [3.8, 4) is 0 Å². The minimum Gasteiger partial charge on any atom is -0.507 e. The van der Waals surface area contributed by atoms with Crippen molar-refractivity contribution in [2.45, 2.75) is 6.42 Å². The summed E-state index contributed by atoms with van der Waals surface area (Å²) in [5.41, 5.74) is 1.86. The third kappa shape index (κ3) is 2.67. The third-order valence-electron chi connectivity index (χ3n) is 3.79. The van der Waals surface area contributed by atoms with Crippen molar-refractivity contribution < 1.29 is 24.3 Å². The molecular formula is C19H12O5. The summed E-state index contributed by atoms with van der Waals surface area (Å²) in [6.07, 6.45) is 1.00. The van der Waals surface area contributed by atoms with Crippen molar-refractivity contribution in [2.24, 2.45) is 0 Å². The molecule has 2 aliphatic rings. The highest BCUT2D eigenvalue weighted by molar-refractivity contribution is 6.50. The quantitative estimate of drug-likeness (QED) is 0.595. The number of hydrogen-bond donors (Lipinski definition) is 1. The zero-order valence-corrected chi connectivity index (χ0v) is 12.5. The largest absolute Gasteiger partial charge is 0.507 e. The minimum absolute atomic E-state index is 0.0504. The van der Waals surface area contributed by atoms with Gasteiger partial charge in [0.1, 0.15) is 5.76 Å². The smallest absolute Gasteiger partial charge is 0.233 e. The molecule has 1 N–H and O–H groups in total. The molecule has 0 fully saturated rings. The van der Waals surface area contributed by atoms with Crippen molar-refractivity contribution in [3.63, 3.8) is 0 Å². The van der Waals surface area contributed by atoms with Crippen LogP contribution in [0.25, 0.3) is 5.76 Å². The van der Waals surface area contributed by atoms with E-state index in [0.29, 0.717) is 16.7 Å². The molecule has 2 aliphatic carbocycles. The zero-order chi connectivity index (χ0) is 17.3. The van der Waals surface area contributed by atoms with E-state index >= 15 is 0 Å². The van der Waals surface area contributed by atoms with Gasteiger partial charge in [0.25, 0.3) is 0 Å². The number of carbonyl (C=O) groups is 4. The van der Waals surface area contributed by atoms with E-state index in [0.717, 1.165) is 6.08 Å². The van der Waals surface area contributed by atoms with Crippen LogP contribution in [0.1, 0.15) is 43.1 Å². The fraction of sp³-hybridized carbons (Fsp3) is 0.0526. The molecule has 0 saturated carbocycles. The minimum atomic E-state index is -0.670. The van der Waals surface area contributed by atoms with Crippen LogP contribution in [-0.4, -0.2) is 28.2 Å². The van der Waals surface area contributed by atoms with Gasteiger partial charge in [0.05, 0.1) is 6.42 Å². The van der Waals surface area contributed by atoms with Crippen LogP contribution >= 0.6 is 0 Å². The van der Waals surface area contributed by atoms with Crippen molar-refractivity contribution in [2.75, 3.05) is 0 Å². The van der Waals surface area contributed by atoms with Crippen molar-refractivity contribution in [1.29, 1.82) is 0 Å². The first-order valence-electron chi connectivity index (χ1n) is 7.23. The first-order valence-corrected chi connectivity index (χ1v) is 7.23. The lowest BCUT2D eigenvalue weighted by molar-refractivity contribution is -0.111. The molecule has 24 heavy (non-hydrogen) atoms. The Labute approximate surface area is 137 Å². The van der Waals surface area contributed by atoms with E-state index in [1.165, 1.54) is 6.07 Å². The summed E-state index contributed by atoms with van der Waals surface area (Å²) in [4.78, 5) is 44.3. The van der Waals surface area contributed by atoms with E-state index in [2.05, 4.69) is 0 Å². The van der Waals surface area contributed by atoms with Crippen LogP contribution in [0.15, 0.2) is 54.6 Å². The van der Waals surface area contributed by atoms with Gasteiger partial charge in [0.15, 0.2) is 11.6 Å². The van der Waals surface area contributed by atoms with Crippen LogP contribution in [0, 0.1) is 0 Å². The van der Waals surface area contributed by atoms with Crippen LogP contribution in [0.3, 0.4) is 0 Å². The molecule has 4 rings (SSSR count). The molecule has 0 saturated heterocycles. The first kappa shape index (κ1) is 15.6. The molecule has 2 aromatic carbocycles. The van der Waals surface area contributed by atoms with E-state index in [4.69, 9.17) is 0 Å². The molecule has 0 bridgehead atoms. The van der Waals surface area contributed by atoms with Crippen LogP contribution in [0.5, 0.6) is 0 Å².